The molecule has 0 aliphatic heterocycles. The van der Waals surface area contributed by atoms with Crippen LogP contribution in [0.3, 0.4) is 0 Å². The molecule has 0 saturated heterocycles. The third-order valence-corrected chi connectivity index (χ3v) is 3.86. The van der Waals surface area contributed by atoms with Crippen LogP contribution in [0, 0.1) is 0 Å². The van der Waals surface area contributed by atoms with Gasteiger partial charge in [-0.2, -0.15) is 0 Å². The van der Waals surface area contributed by atoms with Crippen molar-refractivity contribution in [3.8, 4) is 5.75 Å². The first kappa shape index (κ1) is 19.2. The predicted octanol–water partition coefficient (Wildman–Crippen LogP) is 3.28. The van der Waals surface area contributed by atoms with Gasteiger partial charge in [-0.15, -0.1) is 0 Å². The SMILES string of the molecule is COc1cccc(NC(=O)CCN(C(C)=O)c2cccc(C(C)=O)c2)c1. The Bertz CT molecular complexity index is 817. The summed E-state index contributed by atoms with van der Waals surface area (Å²) in [6.07, 6.45) is 0.126. The van der Waals surface area contributed by atoms with E-state index >= 15 is 0 Å². The molecule has 0 atom stereocenters. The maximum absolute atomic E-state index is 12.2. The van der Waals surface area contributed by atoms with E-state index in [0.717, 1.165) is 0 Å². The van der Waals surface area contributed by atoms with Gasteiger partial charge in [0, 0.05) is 42.9 Å². The number of carbonyl (C=O) groups is 3. The fourth-order valence-corrected chi connectivity index (χ4v) is 2.50. The number of benzene rings is 2. The third kappa shape index (κ3) is 5.17. The number of nitrogens with zero attached hydrogens (tertiary/aromatic N) is 1. The summed E-state index contributed by atoms with van der Waals surface area (Å²) >= 11 is 0. The summed E-state index contributed by atoms with van der Waals surface area (Å²) < 4.78 is 5.12. The quantitative estimate of drug-likeness (QED) is 0.774. The van der Waals surface area contributed by atoms with E-state index in [1.165, 1.54) is 18.7 Å². The minimum absolute atomic E-state index is 0.0777. The Morgan fingerprint density at radius 1 is 1.04 bits per heavy atom. The highest BCUT2D eigenvalue weighted by atomic mass is 16.5. The lowest BCUT2D eigenvalue weighted by atomic mass is 10.1. The van der Waals surface area contributed by atoms with Crippen molar-refractivity contribution in [1.29, 1.82) is 0 Å². The van der Waals surface area contributed by atoms with Crippen LogP contribution < -0.4 is 15.0 Å². The van der Waals surface area contributed by atoms with Crippen molar-refractivity contribution in [3.05, 3.63) is 54.1 Å². The Kier molecular flexibility index (Phi) is 6.49. The van der Waals surface area contributed by atoms with Crippen LogP contribution in [0.4, 0.5) is 11.4 Å². The van der Waals surface area contributed by atoms with Crippen LogP contribution in [0.25, 0.3) is 0 Å². The zero-order valence-electron chi connectivity index (χ0n) is 15.1. The average molecular weight is 354 g/mol. The lowest BCUT2D eigenvalue weighted by Crippen LogP contribution is -2.32. The molecule has 136 valence electrons. The Morgan fingerprint density at radius 3 is 2.42 bits per heavy atom. The smallest absolute Gasteiger partial charge is 0.226 e. The van der Waals surface area contributed by atoms with Gasteiger partial charge in [0.25, 0.3) is 0 Å². The van der Waals surface area contributed by atoms with E-state index in [9.17, 15) is 14.4 Å². The second-order valence-electron chi connectivity index (χ2n) is 5.81. The highest BCUT2D eigenvalue weighted by Crippen LogP contribution is 2.19. The van der Waals surface area contributed by atoms with Gasteiger partial charge in [-0.25, -0.2) is 0 Å². The summed E-state index contributed by atoms with van der Waals surface area (Å²) in [5.74, 6) is 0.160. The van der Waals surface area contributed by atoms with Crippen LogP contribution in [0.1, 0.15) is 30.6 Å². The van der Waals surface area contributed by atoms with E-state index in [1.54, 1.807) is 55.6 Å². The molecule has 2 aromatic rings. The van der Waals surface area contributed by atoms with Gasteiger partial charge < -0.3 is 15.0 Å². The van der Waals surface area contributed by atoms with E-state index in [4.69, 9.17) is 4.74 Å². The standard InChI is InChI=1S/C20H22N2O4/c1-14(23)16-6-4-8-18(12-16)22(15(2)24)11-10-20(25)21-17-7-5-9-19(13-17)26-3/h4-9,12-13H,10-11H2,1-3H3,(H,21,25). The minimum Gasteiger partial charge on any atom is -0.497 e. The molecule has 2 amide bonds. The molecule has 0 aliphatic rings. The van der Waals surface area contributed by atoms with Crippen molar-refractivity contribution < 1.29 is 19.1 Å². The number of hydrogen-bond donors (Lipinski definition) is 1. The molecule has 0 bridgehead atoms. The van der Waals surface area contributed by atoms with E-state index in [0.29, 0.717) is 22.7 Å². The molecular weight excluding hydrogens is 332 g/mol. The van der Waals surface area contributed by atoms with Crippen LogP contribution in [-0.2, 0) is 9.59 Å². The molecule has 0 unspecified atom stereocenters. The van der Waals surface area contributed by atoms with Gasteiger partial charge >= 0.3 is 0 Å². The van der Waals surface area contributed by atoms with Crippen LogP contribution in [-0.4, -0.2) is 31.3 Å². The lowest BCUT2D eigenvalue weighted by Gasteiger charge is -2.21. The second-order valence-corrected chi connectivity index (χ2v) is 5.81. The minimum atomic E-state index is -0.216. The van der Waals surface area contributed by atoms with Crippen molar-refractivity contribution in [1.82, 2.24) is 0 Å². The molecule has 6 nitrogen and oxygen atoms in total. The van der Waals surface area contributed by atoms with Gasteiger partial charge in [0.15, 0.2) is 5.78 Å². The van der Waals surface area contributed by atoms with Crippen LogP contribution >= 0.6 is 0 Å². The summed E-state index contributed by atoms with van der Waals surface area (Å²) in [6.45, 7) is 3.12. The van der Waals surface area contributed by atoms with Gasteiger partial charge in [-0.1, -0.05) is 18.2 Å². The molecular formula is C20H22N2O4. The second kappa shape index (κ2) is 8.80. The Labute approximate surface area is 152 Å². The lowest BCUT2D eigenvalue weighted by molar-refractivity contribution is -0.117. The summed E-state index contributed by atoms with van der Waals surface area (Å²) in [6, 6.07) is 13.9. The molecule has 6 heteroatoms. The molecule has 26 heavy (non-hydrogen) atoms. The first-order chi connectivity index (χ1) is 12.4. The number of hydrogen-bond acceptors (Lipinski definition) is 4. The van der Waals surface area contributed by atoms with Crippen LogP contribution in [0.2, 0.25) is 0 Å². The molecule has 0 saturated carbocycles. The number of ether oxygens (including phenoxy) is 1. The Morgan fingerprint density at radius 2 is 1.77 bits per heavy atom. The van der Waals surface area contributed by atoms with Gasteiger partial charge in [-0.05, 0) is 31.2 Å². The van der Waals surface area contributed by atoms with E-state index in [1.807, 2.05) is 0 Å². The summed E-state index contributed by atoms with van der Waals surface area (Å²) in [7, 11) is 1.56. The molecule has 2 aromatic carbocycles. The molecule has 1 N–H and O–H groups in total. The zero-order valence-corrected chi connectivity index (χ0v) is 15.1. The number of methoxy groups -OCH3 is 1. The van der Waals surface area contributed by atoms with Crippen molar-refractivity contribution in [2.75, 3.05) is 23.9 Å². The summed E-state index contributed by atoms with van der Waals surface area (Å²) in [5, 5.41) is 2.78. The van der Waals surface area contributed by atoms with Gasteiger partial charge in [0.2, 0.25) is 11.8 Å². The summed E-state index contributed by atoms with van der Waals surface area (Å²) in [4.78, 5) is 37.2. The van der Waals surface area contributed by atoms with E-state index in [-0.39, 0.29) is 30.6 Å². The number of amides is 2. The van der Waals surface area contributed by atoms with Crippen molar-refractivity contribution in [3.63, 3.8) is 0 Å². The maximum Gasteiger partial charge on any atom is 0.226 e. The van der Waals surface area contributed by atoms with Crippen LogP contribution in [0.15, 0.2) is 48.5 Å². The van der Waals surface area contributed by atoms with Crippen LogP contribution in [0.5, 0.6) is 5.75 Å². The van der Waals surface area contributed by atoms with Crippen molar-refractivity contribution >= 4 is 29.0 Å². The number of carbonyl (C=O) groups excluding carboxylic acids is 3. The number of rotatable bonds is 7. The Balaban J connectivity index is 2.04. The first-order valence-electron chi connectivity index (χ1n) is 8.23. The van der Waals surface area contributed by atoms with Gasteiger partial charge in [0.05, 0.1) is 7.11 Å². The highest BCUT2D eigenvalue weighted by molar-refractivity contribution is 5.98. The van der Waals surface area contributed by atoms with Crippen molar-refractivity contribution in [2.24, 2.45) is 0 Å². The van der Waals surface area contributed by atoms with E-state index in [2.05, 4.69) is 5.32 Å². The van der Waals surface area contributed by atoms with Crippen molar-refractivity contribution in [2.45, 2.75) is 20.3 Å². The molecule has 2 rings (SSSR count). The molecule has 0 fully saturated rings. The fourth-order valence-electron chi connectivity index (χ4n) is 2.50. The third-order valence-electron chi connectivity index (χ3n) is 3.86. The molecule has 0 heterocycles. The largest absolute Gasteiger partial charge is 0.497 e. The fraction of sp³-hybridized carbons (Fsp3) is 0.250. The number of Topliss-reactive ketones (excluding diaryl/α,β-unsaturated/α-hetero) is 1. The first-order valence-corrected chi connectivity index (χ1v) is 8.23. The average Bonchev–Trinajstić information content (AvgIpc) is 2.62. The topological polar surface area (TPSA) is 75.7 Å². The monoisotopic (exact) mass is 354 g/mol. The normalized spacial score (nSPS) is 10.1. The predicted molar refractivity (Wildman–Crippen MR) is 101 cm³/mol. The molecule has 0 aliphatic carbocycles. The maximum atomic E-state index is 12.2. The molecule has 0 radical (unpaired) electrons. The van der Waals surface area contributed by atoms with Gasteiger partial charge in [-0.3, -0.25) is 14.4 Å². The molecule has 0 spiro atoms. The molecule has 0 aromatic heterocycles. The van der Waals surface area contributed by atoms with Gasteiger partial charge in [0.1, 0.15) is 5.75 Å². The number of anilines is 2. The zero-order chi connectivity index (χ0) is 19.1. The highest BCUT2D eigenvalue weighted by Gasteiger charge is 2.15. The number of nitrogens with one attached hydrogen (secondary N) is 1. The Hall–Kier alpha value is -3.15. The number of ketones is 1. The van der Waals surface area contributed by atoms with E-state index < -0.39 is 0 Å². The summed E-state index contributed by atoms with van der Waals surface area (Å²) in [5.41, 5.74) is 1.75.